The van der Waals surface area contributed by atoms with Crippen LogP contribution in [0.2, 0.25) is 0 Å². The predicted molar refractivity (Wildman–Crippen MR) is 98.2 cm³/mol. The van der Waals surface area contributed by atoms with Crippen molar-refractivity contribution in [2.75, 3.05) is 0 Å². The van der Waals surface area contributed by atoms with Crippen LogP contribution in [0.25, 0.3) is 0 Å². The van der Waals surface area contributed by atoms with E-state index in [4.69, 9.17) is 0 Å². The van der Waals surface area contributed by atoms with Gasteiger partial charge in [-0.05, 0) is 39.0 Å². The number of carbonyl (C=O) groups is 2. The predicted octanol–water partition coefficient (Wildman–Crippen LogP) is 5.46. The third-order valence-electron chi connectivity index (χ3n) is 3.81. The summed E-state index contributed by atoms with van der Waals surface area (Å²) in [5.74, 6) is -0.555. The smallest absolute Gasteiger partial charge is 0.252 e. The number of unbranched alkanes of at least 4 members (excludes halogenated alkanes) is 9. The third-order valence-corrected chi connectivity index (χ3v) is 3.81. The summed E-state index contributed by atoms with van der Waals surface area (Å²) in [5, 5.41) is 2.34. The van der Waals surface area contributed by atoms with E-state index in [1.807, 2.05) is 0 Å². The normalized spacial score (nSPS) is 10.9. The van der Waals surface area contributed by atoms with E-state index in [2.05, 4.69) is 31.0 Å². The molecular formula is C20H35NO2. The Bertz CT molecular complexity index is 372. The topological polar surface area (TPSA) is 46.2 Å². The zero-order valence-corrected chi connectivity index (χ0v) is 15.2. The lowest BCUT2D eigenvalue weighted by molar-refractivity contribution is -0.128. The van der Waals surface area contributed by atoms with Gasteiger partial charge in [0.2, 0.25) is 5.91 Å². The number of allylic oxidation sites excluding steroid dienone is 2. The molecule has 0 saturated carbocycles. The number of rotatable bonds is 14. The van der Waals surface area contributed by atoms with Crippen molar-refractivity contribution in [3.63, 3.8) is 0 Å². The van der Waals surface area contributed by atoms with Gasteiger partial charge in [-0.25, -0.2) is 0 Å². The molecule has 0 saturated heterocycles. The first kappa shape index (κ1) is 21.6. The molecule has 0 unspecified atom stereocenters. The summed E-state index contributed by atoms with van der Waals surface area (Å²) in [6, 6.07) is 0. The first-order valence-electron chi connectivity index (χ1n) is 9.22. The maximum absolute atomic E-state index is 11.5. The van der Waals surface area contributed by atoms with Gasteiger partial charge < -0.3 is 0 Å². The van der Waals surface area contributed by atoms with Gasteiger partial charge in [0, 0.05) is 12.0 Å². The average molecular weight is 322 g/mol. The molecule has 1 N–H and O–H groups in total. The fourth-order valence-corrected chi connectivity index (χ4v) is 2.30. The second-order valence-electron chi connectivity index (χ2n) is 6.28. The van der Waals surface area contributed by atoms with E-state index < -0.39 is 0 Å². The molecular weight excluding hydrogens is 286 g/mol. The van der Waals surface area contributed by atoms with Crippen molar-refractivity contribution < 1.29 is 9.59 Å². The van der Waals surface area contributed by atoms with Crippen LogP contribution in [0.3, 0.4) is 0 Å². The number of amides is 2. The van der Waals surface area contributed by atoms with E-state index in [0.717, 1.165) is 19.3 Å². The standard InChI is InChI=1S/C20H35NO2/c1-4-5-6-7-8-9-10-11-12-13-14-15-16-17-19(22)21-20(23)18(2)3/h9-10H,2,4-8,11-17H2,1,3H3,(H,21,22,23)/b10-9-. The largest absolute Gasteiger partial charge is 0.293 e. The highest BCUT2D eigenvalue weighted by Crippen LogP contribution is 2.09. The lowest BCUT2D eigenvalue weighted by Gasteiger charge is -2.03. The SMILES string of the molecule is C=C(C)C(=O)NC(=O)CCCCCCC/C=C\CCCCCC. The first-order chi connectivity index (χ1) is 11.1. The maximum Gasteiger partial charge on any atom is 0.252 e. The molecule has 0 aromatic heterocycles. The van der Waals surface area contributed by atoms with Crippen LogP contribution in [0.15, 0.2) is 24.3 Å². The molecule has 3 heteroatoms. The third kappa shape index (κ3) is 15.3. The van der Waals surface area contributed by atoms with E-state index >= 15 is 0 Å². The second-order valence-corrected chi connectivity index (χ2v) is 6.28. The lowest BCUT2D eigenvalue weighted by Crippen LogP contribution is -2.30. The Morgan fingerprint density at radius 3 is 1.96 bits per heavy atom. The highest BCUT2D eigenvalue weighted by atomic mass is 16.2. The van der Waals surface area contributed by atoms with Crippen LogP contribution >= 0.6 is 0 Å². The molecule has 0 rings (SSSR count). The Balaban J connectivity index is 3.33. The molecule has 0 fully saturated rings. The summed E-state index contributed by atoms with van der Waals surface area (Å²) < 4.78 is 0. The molecule has 0 aromatic carbocycles. The molecule has 0 spiro atoms. The van der Waals surface area contributed by atoms with Crippen molar-refractivity contribution in [1.29, 1.82) is 0 Å². The summed E-state index contributed by atoms with van der Waals surface area (Å²) >= 11 is 0. The lowest BCUT2D eigenvalue weighted by atomic mass is 10.1. The van der Waals surface area contributed by atoms with Crippen LogP contribution < -0.4 is 5.32 Å². The van der Waals surface area contributed by atoms with E-state index in [1.54, 1.807) is 6.92 Å². The fraction of sp³-hybridized carbons (Fsp3) is 0.700. The number of imide groups is 1. The fourth-order valence-electron chi connectivity index (χ4n) is 2.30. The van der Waals surface area contributed by atoms with Gasteiger partial charge in [-0.2, -0.15) is 0 Å². The van der Waals surface area contributed by atoms with Crippen LogP contribution in [-0.4, -0.2) is 11.8 Å². The van der Waals surface area contributed by atoms with Crippen molar-refractivity contribution in [1.82, 2.24) is 5.32 Å². The molecule has 0 radical (unpaired) electrons. The summed E-state index contributed by atoms with van der Waals surface area (Å²) in [6.07, 6.45) is 18.3. The number of hydrogen-bond donors (Lipinski definition) is 1. The van der Waals surface area contributed by atoms with Crippen molar-refractivity contribution in [2.45, 2.75) is 90.9 Å². The summed E-state index contributed by atoms with van der Waals surface area (Å²) in [4.78, 5) is 22.7. The minimum atomic E-state index is -0.364. The zero-order chi connectivity index (χ0) is 17.3. The second kappa shape index (κ2) is 15.5. The molecule has 0 bridgehead atoms. The Morgan fingerprint density at radius 1 is 0.870 bits per heavy atom. The number of carbonyl (C=O) groups excluding carboxylic acids is 2. The summed E-state index contributed by atoms with van der Waals surface area (Å²) in [5.41, 5.74) is 0.372. The van der Waals surface area contributed by atoms with Crippen molar-refractivity contribution in [3.05, 3.63) is 24.3 Å². The van der Waals surface area contributed by atoms with Gasteiger partial charge in [0.15, 0.2) is 0 Å². The zero-order valence-electron chi connectivity index (χ0n) is 15.2. The molecule has 0 aromatic rings. The van der Waals surface area contributed by atoms with E-state index in [1.165, 1.54) is 51.4 Å². The highest BCUT2D eigenvalue weighted by Gasteiger charge is 2.07. The van der Waals surface area contributed by atoms with E-state index in [-0.39, 0.29) is 11.8 Å². The maximum atomic E-state index is 11.5. The van der Waals surface area contributed by atoms with Crippen LogP contribution in [0.5, 0.6) is 0 Å². The highest BCUT2D eigenvalue weighted by molar-refractivity contribution is 6.03. The minimum absolute atomic E-state index is 0.191. The number of hydrogen-bond acceptors (Lipinski definition) is 2. The summed E-state index contributed by atoms with van der Waals surface area (Å²) in [7, 11) is 0. The molecule has 0 aliphatic rings. The average Bonchev–Trinajstić information content (AvgIpc) is 2.51. The molecule has 0 aliphatic carbocycles. The van der Waals surface area contributed by atoms with E-state index in [9.17, 15) is 9.59 Å². The molecule has 0 atom stereocenters. The van der Waals surface area contributed by atoms with Gasteiger partial charge in [-0.3, -0.25) is 14.9 Å². The Labute approximate surface area is 142 Å². The van der Waals surface area contributed by atoms with Gasteiger partial charge in [0.25, 0.3) is 5.91 Å². The first-order valence-corrected chi connectivity index (χ1v) is 9.22. The molecule has 23 heavy (non-hydrogen) atoms. The molecule has 0 aliphatic heterocycles. The van der Waals surface area contributed by atoms with Crippen LogP contribution in [0, 0.1) is 0 Å². The van der Waals surface area contributed by atoms with E-state index in [0.29, 0.717) is 12.0 Å². The Morgan fingerprint density at radius 2 is 1.39 bits per heavy atom. The van der Waals surface area contributed by atoms with Crippen molar-refractivity contribution >= 4 is 11.8 Å². The quantitative estimate of drug-likeness (QED) is 0.262. The molecule has 0 heterocycles. The van der Waals surface area contributed by atoms with Gasteiger partial charge in [-0.1, -0.05) is 64.2 Å². The van der Waals surface area contributed by atoms with Gasteiger partial charge in [0.05, 0.1) is 0 Å². The number of nitrogens with one attached hydrogen (secondary N) is 1. The van der Waals surface area contributed by atoms with Gasteiger partial charge in [0.1, 0.15) is 0 Å². The monoisotopic (exact) mass is 321 g/mol. The minimum Gasteiger partial charge on any atom is -0.293 e. The molecule has 132 valence electrons. The van der Waals surface area contributed by atoms with Crippen LogP contribution in [-0.2, 0) is 9.59 Å². The van der Waals surface area contributed by atoms with Crippen molar-refractivity contribution in [3.8, 4) is 0 Å². The Hall–Kier alpha value is -1.38. The van der Waals surface area contributed by atoms with Gasteiger partial charge in [-0.15, -0.1) is 0 Å². The molecule has 3 nitrogen and oxygen atoms in total. The van der Waals surface area contributed by atoms with Gasteiger partial charge >= 0.3 is 0 Å². The van der Waals surface area contributed by atoms with Crippen LogP contribution in [0.4, 0.5) is 0 Å². The summed E-state index contributed by atoms with van der Waals surface area (Å²) in [6.45, 7) is 7.35. The van der Waals surface area contributed by atoms with Crippen LogP contribution in [0.1, 0.15) is 90.9 Å². The molecule has 2 amide bonds. The van der Waals surface area contributed by atoms with Crippen molar-refractivity contribution in [2.24, 2.45) is 0 Å². The Kier molecular flexibility index (Phi) is 14.6.